The van der Waals surface area contributed by atoms with E-state index in [1.165, 1.54) is 0 Å². The van der Waals surface area contributed by atoms with Gasteiger partial charge in [0.15, 0.2) is 0 Å². The zero-order valence-electron chi connectivity index (χ0n) is 6.44. The fraction of sp³-hybridized carbons (Fsp3) is 0.375. The number of rotatable bonds is 1. The molecule has 0 unspecified atom stereocenters. The molecule has 0 bridgehead atoms. The SMILES string of the molecule is CC(C)c1cc(Cl)ncc1Cl. The molecule has 1 aromatic heterocycles. The van der Waals surface area contributed by atoms with Gasteiger partial charge in [-0.3, -0.25) is 0 Å². The first-order valence-electron chi connectivity index (χ1n) is 3.42. The van der Waals surface area contributed by atoms with Gasteiger partial charge in [0.25, 0.3) is 0 Å². The summed E-state index contributed by atoms with van der Waals surface area (Å²) >= 11 is 11.6. The van der Waals surface area contributed by atoms with Crippen LogP contribution in [0.15, 0.2) is 12.3 Å². The molecule has 0 aromatic carbocycles. The van der Waals surface area contributed by atoms with Crippen LogP contribution in [0, 0.1) is 0 Å². The number of nitrogens with zero attached hydrogens (tertiary/aromatic N) is 1. The van der Waals surface area contributed by atoms with Gasteiger partial charge in [0.05, 0.1) is 5.02 Å². The maximum Gasteiger partial charge on any atom is 0.129 e. The maximum atomic E-state index is 5.87. The highest BCUT2D eigenvalue weighted by atomic mass is 35.5. The average Bonchev–Trinajstić information content (AvgIpc) is 1.94. The highest BCUT2D eigenvalue weighted by molar-refractivity contribution is 6.32. The number of aromatic nitrogens is 1. The summed E-state index contributed by atoms with van der Waals surface area (Å²) in [5, 5.41) is 1.18. The Kier molecular flexibility index (Phi) is 2.74. The van der Waals surface area contributed by atoms with Crippen molar-refractivity contribution in [3.8, 4) is 0 Å². The topological polar surface area (TPSA) is 12.9 Å². The van der Waals surface area contributed by atoms with Crippen molar-refractivity contribution in [1.82, 2.24) is 4.98 Å². The smallest absolute Gasteiger partial charge is 0.129 e. The summed E-state index contributed by atoms with van der Waals surface area (Å²) in [4.78, 5) is 3.86. The van der Waals surface area contributed by atoms with E-state index < -0.39 is 0 Å². The van der Waals surface area contributed by atoms with Crippen LogP contribution in [0.3, 0.4) is 0 Å². The second kappa shape index (κ2) is 3.42. The summed E-state index contributed by atoms with van der Waals surface area (Å²) in [6, 6.07) is 1.80. The van der Waals surface area contributed by atoms with Crippen LogP contribution in [0.25, 0.3) is 0 Å². The van der Waals surface area contributed by atoms with Crippen LogP contribution in [0.4, 0.5) is 0 Å². The van der Waals surface area contributed by atoms with Gasteiger partial charge in [-0.05, 0) is 17.5 Å². The zero-order valence-corrected chi connectivity index (χ0v) is 7.95. The number of pyridine rings is 1. The molecule has 0 aliphatic carbocycles. The largest absolute Gasteiger partial charge is 0.243 e. The Balaban J connectivity index is 3.13. The third-order valence-electron chi connectivity index (χ3n) is 1.47. The average molecular weight is 190 g/mol. The van der Waals surface area contributed by atoms with Crippen LogP contribution in [0.2, 0.25) is 10.2 Å². The summed E-state index contributed by atoms with van der Waals surface area (Å²) in [6.07, 6.45) is 1.58. The minimum absolute atomic E-state index is 0.392. The minimum atomic E-state index is 0.392. The van der Waals surface area contributed by atoms with Crippen molar-refractivity contribution < 1.29 is 0 Å². The van der Waals surface area contributed by atoms with E-state index in [1.807, 2.05) is 0 Å². The second-order valence-electron chi connectivity index (χ2n) is 2.68. The highest BCUT2D eigenvalue weighted by Crippen LogP contribution is 2.24. The lowest BCUT2D eigenvalue weighted by atomic mass is 10.1. The predicted molar refractivity (Wildman–Crippen MR) is 48.3 cm³/mol. The van der Waals surface area contributed by atoms with Crippen molar-refractivity contribution in [3.63, 3.8) is 0 Å². The van der Waals surface area contributed by atoms with Crippen molar-refractivity contribution in [2.75, 3.05) is 0 Å². The van der Waals surface area contributed by atoms with Crippen molar-refractivity contribution in [3.05, 3.63) is 28.0 Å². The van der Waals surface area contributed by atoms with Gasteiger partial charge < -0.3 is 0 Å². The first-order chi connectivity index (χ1) is 5.11. The van der Waals surface area contributed by atoms with E-state index >= 15 is 0 Å². The molecule has 1 heterocycles. The lowest BCUT2D eigenvalue weighted by molar-refractivity contribution is 0.863. The summed E-state index contributed by atoms with van der Waals surface area (Å²) in [5.41, 5.74) is 1.05. The fourth-order valence-corrected chi connectivity index (χ4v) is 1.36. The zero-order chi connectivity index (χ0) is 8.43. The fourth-order valence-electron chi connectivity index (χ4n) is 0.870. The van der Waals surface area contributed by atoms with Gasteiger partial charge in [0, 0.05) is 6.20 Å². The summed E-state index contributed by atoms with van der Waals surface area (Å²) in [5.74, 6) is 0.392. The van der Waals surface area contributed by atoms with Crippen LogP contribution < -0.4 is 0 Å². The molecule has 0 aliphatic rings. The molecular formula is C8H9Cl2N. The molecule has 0 saturated heterocycles. The molecule has 11 heavy (non-hydrogen) atoms. The molecule has 60 valence electrons. The first-order valence-corrected chi connectivity index (χ1v) is 4.18. The predicted octanol–water partition coefficient (Wildman–Crippen LogP) is 3.51. The van der Waals surface area contributed by atoms with Crippen molar-refractivity contribution in [2.24, 2.45) is 0 Å². The number of hydrogen-bond donors (Lipinski definition) is 0. The Hall–Kier alpha value is -0.270. The standard InChI is InChI=1S/C8H9Cl2N/c1-5(2)6-3-8(10)11-4-7(6)9/h3-5H,1-2H3. The Bertz CT molecular complexity index is 258. The molecule has 1 rings (SSSR count). The van der Waals surface area contributed by atoms with Gasteiger partial charge in [-0.1, -0.05) is 37.0 Å². The molecule has 0 spiro atoms. The normalized spacial score (nSPS) is 10.6. The monoisotopic (exact) mass is 189 g/mol. The molecule has 0 atom stereocenters. The third-order valence-corrected chi connectivity index (χ3v) is 2.00. The van der Waals surface area contributed by atoms with E-state index in [2.05, 4.69) is 18.8 Å². The van der Waals surface area contributed by atoms with E-state index in [0.29, 0.717) is 16.1 Å². The first kappa shape index (κ1) is 8.82. The molecular weight excluding hydrogens is 181 g/mol. The van der Waals surface area contributed by atoms with E-state index in [-0.39, 0.29) is 0 Å². The maximum absolute atomic E-state index is 5.87. The van der Waals surface area contributed by atoms with Gasteiger partial charge in [-0.15, -0.1) is 0 Å². The molecule has 1 nitrogen and oxygen atoms in total. The van der Waals surface area contributed by atoms with Crippen LogP contribution in [-0.4, -0.2) is 4.98 Å². The van der Waals surface area contributed by atoms with Gasteiger partial charge in [0.2, 0.25) is 0 Å². The third kappa shape index (κ3) is 2.08. The van der Waals surface area contributed by atoms with Crippen molar-refractivity contribution >= 4 is 23.2 Å². The number of hydrogen-bond acceptors (Lipinski definition) is 1. The lowest BCUT2D eigenvalue weighted by Gasteiger charge is -2.06. The van der Waals surface area contributed by atoms with Gasteiger partial charge in [-0.2, -0.15) is 0 Å². The van der Waals surface area contributed by atoms with Crippen LogP contribution >= 0.6 is 23.2 Å². The molecule has 0 aliphatic heterocycles. The summed E-state index contributed by atoms with van der Waals surface area (Å²) in [7, 11) is 0. The Labute approximate surface area is 76.4 Å². The van der Waals surface area contributed by atoms with E-state index in [9.17, 15) is 0 Å². The Morgan fingerprint density at radius 2 is 2.00 bits per heavy atom. The minimum Gasteiger partial charge on any atom is -0.243 e. The van der Waals surface area contributed by atoms with E-state index in [0.717, 1.165) is 5.56 Å². The second-order valence-corrected chi connectivity index (χ2v) is 3.48. The van der Waals surface area contributed by atoms with Crippen molar-refractivity contribution in [1.29, 1.82) is 0 Å². The Morgan fingerprint density at radius 1 is 1.36 bits per heavy atom. The number of halogens is 2. The van der Waals surface area contributed by atoms with E-state index in [4.69, 9.17) is 23.2 Å². The van der Waals surface area contributed by atoms with Gasteiger partial charge in [-0.25, -0.2) is 4.98 Å². The molecule has 1 aromatic rings. The van der Waals surface area contributed by atoms with Crippen molar-refractivity contribution in [2.45, 2.75) is 19.8 Å². The van der Waals surface area contributed by atoms with Crippen LogP contribution in [0.1, 0.15) is 25.3 Å². The summed E-state index contributed by atoms with van der Waals surface area (Å²) in [6.45, 7) is 4.13. The van der Waals surface area contributed by atoms with E-state index in [1.54, 1.807) is 12.3 Å². The van der Waals surface area contributed by atoms with Crippen LogP contribution in [0.5, 0.6) is 0 Å². The molecule has 0 fully saturated rings. The quantitative estimate of drug-likeness (QED) is 0.617. The molecule has 0 radical (unpaired) electrons. The molecule has 0 saturated carbocycles. The summed E-state index contributed by atoms with van der Waals surface area (Å²) < 4.78 is 0. The highest BCUT2D eigenvalue weighted by Gasteiger charge is 2.05. The van der Waals surface area contributed by atoms with Crippen LogP contribution in [-0.2, 0) is 0 Å². The van der Waals surface area contributed by atoms with Gasteiger partial charge >= 0.3 is 0 Å². The Morgan fingerprint density at radius 3 is 2.45 bits per heavy atom. The molecule has 0 amide bonds. The lowest BCUT2D eigenvalue weighted by Crippen LogP contribution is -1.89. The molecule has 3 heteroatoms. The molecule has 0 N–H and O–H groups in total. The van der Waals surface area contributed by atoms with Gasteiger partial charge in [0.1, 0.15) is 5.15 Å².